The molecule has 1 aromatic heterocycles. The van der Waals surface area contributed by atoms with Gasteiger partial charge in [0.05, 0.1) is 37.4 Å². The minimum Gasteiger partial charge on any atom is -0.496 e. The van der Waals surface area contributed by atoms with E-state index in [1.54, 1.807) is 20.3 Å². The van der Waals surface area contributed by atoms with Crippen LogP contribution in [0.5, 0.6) is 11.5 Å². The van der Waals surface area contributed by atoms with Crippen molar-refractivity contribution < 1.29 is 19.0 Å². The van der Waals surface area contributed by atoms with Crippen LogP contribution in [-0.4, -0.2) is 76.3 Å². The zero-order valence-corrected chi connectivity index (χ0v) is 23.7. The van der Waals surface area contributed by atoms with Crippen molar-refractivity contribution in [2.24, 2.45) is 0 Å². The molecule has 0 saturated heterocycles. The maximum atomic E-state index is 11.4. The molecule has 1 unspecified atom stereocenters. The molecule has 0 bridgehead atoms. The Hall–Kier alpha value is -4.09. The second-order valence-corrected chi connectivity index (χ2v) is 9.15. The number of nitrogens with one attached hydrogen (secondary N) is 3. The zero-order chi connectivity index (χ0) is 28.4. The Morgan fingerprint density at radius 1 is 0.923 bits per heavy atom. The van der Waals surface area contributed by atoms with Crippen molar-refractivity contribution in [3.63, 3.8) is 0 Å². The number of methoxy groups -OCH3 is 2. The fourth-order valence-electron chi connectivity index (χ4n) is 4.05. The van der Waals surface area contributed by atoms with Crippen molar-refractivity contribution in [2.75, 3.05) is 75.9 Å². The Morgan fingerprint density at radius 3 is 2.28 bits per heavy atom. The van der Waals surface area contributed by atoms with E-state index in [1.165, 1.54) is 6.33 Å². The van der Waals surface area contributed by atoms with E-state index in [1.807, 2.05) is 65.3 Å². The van der Waals surface area contributed by atoms with Crippen LogP contribution in [-0.2, 0) is 9.53 Å². The van der Waals surface area contributed by atoms with E-state index in [2.05, 4.69) is 35.7 Å². The molecule has 0 aliphatic rings. The van der Waals surface area contributed by atoms with Crippen molar-refractivity contribution in [3.05, 3.63) is 48.3 Å². The molecule has 3 N–H and O–H groups in total. The van der Waals surface area contributed by atoms with Crippen molar-refractivity contribution in [3.8, 4) is 11.5 Å². The number of likely N-dealkylation sites (N-methyl/N-ethyl adjacent to an activating group) is 2. The molecule has 39 heavy (non-hydrogen) atoms. The normalized spacial score (nSPS) is 11.6. The van der Waals surface area contributed by atoms with Crippen LogP contribution in [0, 0.1) is 0 Å². The van der Waals surface area contributed by atoms with E-state index >= 15 is 0 Å². The van der Waals surface area contributed by atoms with Gasteiger partial charge in [-0.2, -0.15) is 0 Å². The quantitative estimate of drug-likeness (QED) is 0.237. The third kappa shape index (κ3) is 7.95. The molecular formula is C28H39N7O4. The molecule has 3 aromatic rings. The first-order valence-corrected chi connectivity index (χ1v) is 12.7. The molecule has 0 saturated carbocycles. The molecule has 3 rings (SSSR count). The van der Waals surface area contributed by atoms with Crippen LogP contribution in [0.1, 0.15) is 25.5 Å². The van der Waals surface area contributed by atoms with Gasteiger partial charge in [0.2, 0.25) is 6.41 Å². The number of hydrogen-bond donors (Lipinski definition) is 3. The van der Waals surface area contributed by atoms with Gasteiger partial charge in [0.1, 0.15) is 29.5 Å². The van der Waals surface area contributed by atoms with Crippen molar-refractivity contribution >= 4 is 40.8 Å². The molecule has 210 valence electrons. The summed E-state index contributed by atoms with van der Waals surface area (Å²) in [5.41, 5.74) is 3.91. The number of nitrogens with zero attached hydrogens (tertiary/aromatic N) is 4. The molecule has 0 fully saturated rings. The minimum absolute atomic E-state index is 0.124. The molecule has 1 amide bonds. The van der Waals surface area contributed by atoms with Gasteiger partial charge in [-0.05, 0) is 52.2 Å². The Balaban J connectivity index is 1.86. The van der Waals surface area contributed by atoms with Crippen molar-refractivity contribution in [1.82, 2.24) is 14.9 Å². The number of rotatable bonds is 15. The molecule has 1 heterocycles. The van der Waals surface area contributed by atoms with Crippen LogP contribution in [0.25, 0.3) is 0 Å². The number of amides is 1. The standard InChI is InChI=1S/C28H39N7O4/c1-8-39-19(2)21-13-20(9-10-25(21)37-6)32-27-16-28(30-17-29-27)33-23-14-22(31-18-36)24(15-26(23)38-7)35(5)12-11-34(3)4/h9-10,13-19H,8,11-12H2,1-7H3,(H,31,36)(H2,29,30,32,33). The Morgan fingerprint density at radius 2 is 1.64 bits per heavy atom. The maximum Gasteiger partial charge on any atom is 0.211 e. The predicted molar refractivity (Wildman–Crippen MR) is 156 cm³/mol. The summed E-state index contributed by atoms with van der Waals surface area (Å²) in [5, 5.41) is 9.42. The van der Waals surface area contributed by atoms with Gasteiger partial charge < -0.3 is 40.0 Å². The average molecular weight is 538 g/mol. The van der Waals surface area contributed by atoms with Crippen LogP contribution in [0.15, 0.2) is 42.7 Å². The number of benzene rings is 2. The Kier molecular flexibility index (Phi) is 10.7. The summed E-state index contributed by atoms with van der Waals surface area (Å²) in [4.78, 5) is 24.3. The summed E-state index contributed by atoms with van der Waals surface area (Å²) in [5.74, 6) is 2.51. The first-order chi connectivity index (χ1) is 18.8. The number of anilines is 6. The molecule has 1 atom stereocenters. The van der Waals surface area contributed by atoms with Gasteiger partial charge >= 0.3 is 0 Å². The molecule has 0 radical (unpaired) electrons. The summed E-state index contributed by atoms with van der Waals surface area (Å²) < 4.78 is 17.0. The average Bonchev–Trinajstić information content (AvgIpc) is 2.92. The maximum absolute atomic E-state index is 11.4. The van der Waals surface area contributed by atoms with Gasteiger partial charge in [-0.25, -0.2) is 9.97 Å². The van der Waals surface area contributed by atoms with Gasteiger partial charge in [-0.1, -0.05) is 0 Å². The number of hydrogen-bond acceptors (Lipinski definition) is 10. The third-order valence-electron chi connectivity index (χ3n) is 6.11. The van der Waals surface area contributed by atoms with E-state index in [4.69, 9.17) is 14.2 Å². The fraction of sp³-hybridized carbons (Fsp3) is 0.393. The number of aromatic nitrogens is 2. The van der Waals surface area contributed by atoms with Crippen LogP contribution < -0.4 is 30.3 Å². The summed E-state index contributed by atoms with van der Waals surface area (Å²) in [6.45, 7) is 6.18. The Labute approximate surface area is 230 Å². The van der Waals surface area contributed by atoms with E-state index in [-0.39, 0.29) is 6.10 Å². The van der Waals surface area contributed by atoms with Crippen molar-refractivity contribution in [1.29, 1.82) is 0 Å². The monoisotopic (exact) mass is 537 g/mol. The predicted octanol–water partition coefficient (Wildman–Crippen LogP) is 4.64. The van der Waals surface area contributed by atoms with Gasteiger partial charge in [0.25, 0.3) is 0 Å². The highest BCUT2D eigenvalue weighted by Gasteiger charge is 2.16. The van der Waals surface area contributed by atoms with E-state index in [0.717, 1.165) is 35.8 Å². The third-order valence-corrected chi connectivity index (χ3v) is 6.11. The molecule has 0 spiro atoms. The lowest BCUT2D eigenvalue weighted by Gasteiger charge is -2.25. The van der Waals surface area contributed by atoms with Crippen LogP contribution in [0.3, 0.4) is 0 Å². The number of carbonyl (C=O) groups excluding carboxylic acids is 1. The molecule has 0 aliphatic heterocycles. The van der Waals surface area contributed by atoms with Gasteiger partial charge in [-0.3, -0.25) is 4.79 Å². The lowest BCUT2D eigenvalue weighted by molar-refractivity contribution is -0.105. The highest BCUT2D eigenvalue weighted by molar-refractivity contribution is 5.87. The van der Waals surface area contributed by atoms with Crippen LogP contribution >= 0.6 is 0 Å². The van der Waals surface area contributed by atoms with Gasteiger partial charge in [0.15, 0.2) is 0 Å². The second kappa shape index (κ2) is 14.2. The largest absolute Gasteiger partial charge is 0.496 e. The van der Waals surface area contributed by atoms with E-state index < -0.39 is 0 Å². The lowest BCUT2D eigenvalue weighted by atomic mass is 10.1. The zero-order valence-electron chi connectivity index (χ0n) is 23.7. The van der Waals surface area contributed by atoms with Crippen LogP contribution in [0.4, 0.5) is 34.4 Å². The Bertz CT molecular complexity index is 1240. The molecule has 11 heteroatoms. The molecular weight excluding hydrogens is 498 g/mol. The summed E-state index contributed by atoms with van der Waals surface area (Å²) in [6.07, 6.45) is 2.01. The highest BCUT2D eigenvalue weighted by atomic mass is 16.5. The second-order valence-electron chi connectivity index (χ2n) is 9.15. The SMILES string of the molecule is CCOC(C)c1cc(Nc2cc(Nc3cc(NC=O)c(N(C)CCN(C)C)cc3OC)ncn2)ccc1OC. The molecule has 2 aromatic carbocycles. The first-order valence-electron chi connectivity index (χ1n) is 12.7. The van der Waals surface area contributed by atoms with E-state index in [0.29, 0.717) is 41.8 Å². The number of carbonyl (C=O) groups is 1. The smallest absolute Gasteiger partial charge is 0.211 e. The topological polar surface area (TPSA) is 113 Å². The molecule has 11 nitrogen and oxygen atoms in total. The minimum atomic E-state index is -0.124. The first kappa shape index (κ1) is 29.5. The van der Waals surface area contributed by atoms with E-state index in [9.17, 15) is 4.79 Å². The summed E-state index contributed by atoms with van der Waals surface area (Å²) in [7, 11) is 9.26. The van der Waals surface area contributed by atoms with Gasteiger partial charge in [-0.15, -0.1) is 0 Å². The summed E-state index contributed by atoms with van der Waals surface area (Å²) >= 11 is 0. The molecule has 0 aliphatic carbocycles. The van der Waals surface area contributed by atoms with Crippen molar-refractivity contribution in [2.45, 2.75) is 20.0 Å². The van der Waals surface area contributed by atoms with Crippen LogP contribution in [0.2, 0.25) is 0 Å². The highest BCUT2D eigenvalue weighted by Crippen LogP contribution is 2.38. The fourth-order valence-corrected chi connectivity index (χ4v) is 4.05. The van der Waals surface area contributed by atoms with Gasteiger partial charge in [0, 0.05) is 50.1 Å². The number of ether oxygens (including phenoxy) is 3. The lowest BCUT2D eigenvalue weighted by Crippen LogP contribution is -2.29. The summed E-state index contributed by atoms with van der Waals surface area (Å²) in [6, 6.07) is 11.3.